The molecule has 2 aliphatic rings. The summed E-state index contributed by atoms with van der Waals surface area (Å²) in [6, 6.07) is -0.593. The monoisotopic (exact) mass is 459 g/mol. The van der Waals surface area contributed by atoms with Crippen LogP contribution in [0.3, 0.4) is 0 Å². The van der Waals surface area contributed by atoms with Crippen molar-refractivity contribution in [2.75, 3.05) is 11.9 Å². The van der Waals surface area contributed by atoms with Crippen LogP contribution in [0.15, 0.2) is 24.1 Å². The Kier molecular flexibility index (Phi) is 8.40. The fraction of sp³-hybridized carbons (Fsp3) is 0.577. The topological polar surface area (TPSA) is 73.8 Å². The molecule has 0 fully saturated rings. The maximum absolute atomic E-state index is 14.9. The van der Waals surface area contributed by atoms with Gasteiger partial charge in [-0.05, 0) is 92.0 Å². The zero-order valence-electron chi connectivity index (χ0n) is 20.4. The highest BCUT2D eigenvalue weighted by Crippen LogP contribution is 2.40. The number of benzene rings is 1. The summed E-state index contributed by atoms with van der Waals surface area (Å²) in [6.45, 7) is 12.5. The van der Waals surface area contributed by atoms with Crippen molar-refractivity contribution in [3.05, 3.63) is 52.2 Å². The number of carbonyl (C=O) groups excluding carboxylic acids is 1. The average molecular weight is 460 g/mol. The van der Waals surface area contributed by atoms with Crippen molar-refractivity contribution in [2.45, 2.75) is 79.1 Å². The number of nitrogens with one attached hydrogen (secondary N) is 2. The van der Waals surface area contributed by atoms with Crippen LogP contribution in [-0.2, 0) is 30.4 Å². The number of ether oxygens (including phenoxy) is 1. The van der Waals surface area contributed by atoms with Crippen molar-refractivity contribution < 1.29 is 19.1 Å². The quantitative estimate of drug-likeness (QED) is 0.227. The molecule has 7 heteroatoms. The van der Waals surface area contributed by atoms with Gasteiger partial charge >= 0.3 is 6.03 Å². The predicted octanol–water partition coefficient (Wildman–Crippen LogP) is 6.04. The van der Waals surface area contributed by atoms with E-state index in [1.54, 1.807) is 6.92 Å². The van der Waals surface area contributed by atoms with Gasteiger partial charge in [0.05, 0.1) is 6.61 Å². The zero-order chi connectivity index (χ0) is 24.1. The lowest BCUT2D eigenvalue weighted by molar-refractivity contribution is -0.0875. The standard InChI is InChI=1S/C26H38FN3O3/c1-6-16(3)14-17(4)15-33-18(5)23(7-2)30(32)29-26(31)28-25-21-12-8-10-19(21)24(27)20-11-9-13-22(20)25/h7,16-17,32H,2,6,8-15H2,1,3-5H3,(H2,28,29,31)/b23-18-/t16-,17?/m1/s1. The Balaban J connectivity index is 1.67. The second-order valence-electron chi connectivity index (χ2n) is 9.50. The van der Waals surface area contributed by atoms with Gasteiger partial charge in [0, 0.05) is 5.69 Å². The number of hydroxylamine groups is 1. The number of hydrazine groups is 1. The van der Waals surface area contributed by atoms with E-state index in [0.29, 0.717) is 47.9 Å². The lowest BCUT2D eigenvalue weighted by Crippen LogP contribution is -2.42. The number of halogens is 1. The molecule has 0 saturated carbocycles. The van der Waals surface area contributed by atoms with E-state index < -0.39 is 6.03 Å². The fourth-order valence-electron chi connectivity index (χ4n) is 4.98. The van der Waals surface area contributed by atoms with E-state index >= 15 is 0 Å². The van der Waals surface area contributed by atoms with Crippen LogP contribution in [0.25, 0.3) is 0 Å². The first kappa shape index (κ1) is 25.1. The van der Waals surface area contributed by atoms with Crippen LogP contribution in [0, 0.1) is 17.7 Å². The number of fused-ring (bicyclic) bond motifs is 2. The number of anilines is 1. The Bertz CT molecular complexity index is 893. The van der Waals surface area contributed by atoms with Gasteiger partial charge < -0.3 is 10.1 Å². The van der Waals surface area contributed by atoms with Gasteiger partial charge in [-0.2, -0.15) is 5.17 Å². The fourth-order valence-corrected chi connectivity index (χ4v) is 4.98. The number of nitrogens with zero attached hydrogens (tertiary/aromatic N) is 1. The molecule has 3 rings (SSSR count). The normalized spacial score (nSPS) is 16.9. The Morgan fingerprint density at radius 1 is 1.15 bits per heavy atom. The predicted molar refractivity (Wildman–Crippen MR) is 128 cm³/mol. The summed E-state index contributed by atoms with van der Waals surface area (Å²) in [5.74, 6) is 1.37. The number of hydrogen-bond acceptors (Lipinski definition) is 4. The summed E-state index contributed by atoms with van der Waals surface area (Å²) in [5.41, 5.74) is 6.63. The van der Waals surface area contributed by atoms with Crippen molar-refractivity contribution in [3.63, 3.8) is 0 Å². The largest absolute Gasteiger partial charge is 0.496 e. The van der Waals surface area contributed by atoms with E-state index in [1.165, 1.54) is 6.08 Å². The van der Waals surface area contributed by atoms with Gasteiger partial charge in [-0.3, -0.25) is 5.21 Å². The molecule has 0 spiro atoms. The molecule has 0 saturated heterocycles. The number of hydrogen-bond donors (Lipinski definition) is 3. The van der Waals surface area contributed by atoms with Gasteiger partial charge in [0.1, 0.15) is 17.3 Å². The third-order valence-corrected chi connectivity index (χ3v) is 6.88. The van der Waals surface area contributed by atoms with Gasteiger partial charge in [0.15, 0.2) is 0 Å². The minimum Gasteiger partial charge on any atom is -0.496 e. The van der Waals surface area contributed by atoms with Crippen LogP contribution < -0.4 is 10.7 Å². The number of amides is 2. The number of allylic oxidation sites excluding steroid dienone is 2. The molecule has 1 aromatic carbocycles. The van der Waals surface area contributed by atoms with Crippen LogP contribution in [0.4, 0.5) is 14.9 Å². The second kappa shape index (κ2) is 11.1. The van der Waals surface area contributed by atoms with Crippen LogP contribution in [-0.4, -0.2) is 23.0 Å². The highest BCUT2D eigenvalue weighted by Gasteiger charge is 2.30. The first-order valence-corrected chi connectivity index (χ1v) is 12.1. The average Bonchev–Trinajstić information content (AvgIpc) is 3.46. The van der Waals surface area contributed by atoms with Gasteiger partial charge in [-0.1, -0.05) is 33.8 Å². The van der Waals surface area contributed by atoms with Crippen LogP contribution in [0.2, 0.25) is 0 Å². The summed E-state index contributed by atoms with van der Waals surface area (Å²) < 4.78 is 20.7. The smallest absolute Gasteiger partial charge is 0.339 e. The van der Waals surface area contributed by atoms with Gasteiger partial charge in [0.2, 0.25) is 0 Å². The molecule has 182 valence electrons. The summed E-state index contributed by atoms with van der Waals surface area (Å²) in [4.78, 5) is 12.8. The number of rotatable bonds is 10. The molecule has 0 bridgehead atoms. The van der Waals surface area contributed by atoms with Crippen LogP contribution >= 0.6 is 0 Å². The van der Waals surface area contributed by atoms with Crippen molar-refractivity contribution >= 4 is 11.7 Å². The van der Waals surface area contributed by atoms with E-state index in [4.69, 9.17) is 4.74 Å². The molecule has 3 N–H and O–H groups in total. The number of carbonyl (C=O) groups is 1. The van der Waals surface area contributed by atoms with E-state index in [1.807, 2.05) is 0 Å². The lowest BCUT2D eigenvalue weighted by atomic mass is 9.96. The second-order valence-corrected chi connectivity index (χ2v) is 9.50. The highest BCUT2D eigenvalue weighted by molar-refractivity contribution is 5.92. The molecule has 1 unspecified atom stereocenters. The van der Waals surface area contributed by atoms with E-state index in [-0.39, 0.29) is 11.5 Å². The first-order valence-electron chi connectivity index (χ1n) is 12.1. The van der Waals surface area contributed by atoms with Crippen molar-refractivity contribution in [2.24, 2.45) is 11.8 Å². The maximum Gasteiger partial charge on any atom is 0.339 e. The number of urea groups is 1. The SMILES string of the molecule is C=C/C(=C(\C)OCC(C)C[C@H](C)CC)N(O)NC(=O)Nc1c2c(c(F)c3c1CCC3)CCC2. The van der Waals surface area contributed by atoms with Crippen molar-refractivity contribution in [1.82, 2.24) is 10.6 Å². The van der Waals surface area contributed by atoms with E-state index in [9.17, 15) is 14.4 Å². The molecule has 0 aromatic heterocycles. The molecule has 33 heavy (non-hydrogen) atoms. The zero-order valence-corrected chi connectivity index (χ0v) is 20.4. The Hall–Kier alpha value is -2.54. The minimum absolute atomic E-state index is 0.0862. The molecular weight excluding hydrogens is 421 g/mol. The molecule has 1 aromatic rings. The van der Waals surface area contributed by atoms with Crippen LogP contribution in [0.1, 0.15) is 75.6 Å². The molecule has 2 aliphatic carbocycles. The molecule has 2 atom stereocenters. The van der Waals surface area contributed by atoms with E-state index in [0.717, 1.165) is 60.8 Å². The minimum atomic E-state index is -0.593. The molecule has 6 nitrogen and oxygen atoms in total. The molecular formula is C26H38FN3O3. The third kappa shape index (κ3) is 5.69. The van der Waals surface area contributed by atoms with E-state index in [2.05, 4.69) is 38.1 Å². The summed E-state index contributed by atoms with van der Waals surface area (Å²) in [5, 5.41) is 14.0. The maximum atomic E-state index is 14.9. The molecule has 0 heterocycles. The van der Waals surface area contributed by atoms with Gasteiger partial charge in [0.25, 0.3) is 0 Å². The van der Waals surface area contributed by atoms with Crippen molar-refractivity contribution in [1.29, 1.82) is 0 Å². The van der Waals surface area contributed by atoms with Gasteiger partial charge in [-0.25, -0.2) is 14.6 Å². The summed E-state index contributed by atoms with van der Waals surface area (Å²) in [7, 11) is 0. The molecule has 2 amide bonds. The third-order valence-electron chi connectivity index (χ3n) is 6.88. The summed E-state index contributed by atoms with van der Waals surface area (Å²) in [6.07, 6.45) is 8.28. The Labute approximate surface area is 196 Å². The molecule has 0 aliphatic heterocycles. The van der Waals surface area contributed by atoms with Gasteiger partial charge in [-0.15, -0.1) is 0 Å². The summed E-state index contributed by atoms with van der Waals surface area (Å²) >= 11 is 0. The highest BCUT2D eigenvalue weighted by atomic mass is 19.1. The Morgan fingerprint density at radius 2 is 1.73 bits per heavy atom. The lowest BCUT2D eigenvalue weighted by Gasteiger charge is -2.23. The van der Waals surface area contributed by atoms with Crippen molar-refractivity contribution in [3.8, 4) is 0 Å². The molecule has 0 radical (unpaired) electrons. The first-order chi connectivity index (χ1) is 15.8. The Morgan fingerprint density at radius 3 is 2.27 bits per heavy atom. The van der Waals surface area contributed by atoms with Crippen LogP contribution in [0.5, 0.6) is 0 Å².